The Bertz CT molecular complexity index is 1010. The second-order valence-electron chi connectivity index (χ2n) is 10.7. The minimum absolute atomic E-state index is 0.111. The average molecular weight is 452 g/mol. The van der Waals surface area contributed by atoms with Crippen LogP contribution in [0.1, 0.15) is 51.5 Å². The summed E-state index contributed by atoms with van der Waals surface area (Å²) in [5.74, 6) is 1.13. The maximum Gasteiger partial charge on any atom is 0.241 e. The number of hydrogen-bond donors (Lipinski definition) is 4. The van der Waals surface area contributed by atoms with E-state index in [4.69, 9.17) is 0 Å². The van der Waals surface area contributed by atoms with Gasteiger partial charge >= 0.3 is 0 Å². The first-order valence-corrected chi connectivity index (χ1v) is 12.6. The van der Waals surface area contributed by atoms with Crippen molar-refractivity contribution in [3.05, 3.63) is 36.0 Å². The van der Waals surface area contributed by atoms with Crippen molar-refractivity contribution in [2.24, 2.45) is 17.3 Å². The van der Waals surface area contributed by atoms with E-state index in [0.29, 0.717) is 18.5 Å². The normalized spacial score (nSPS) is 26.3. The first-order valence-electron chi connectivity index (χ1n) is 12.6. The zero-order chi connectivity index (χ0) is 23.0. The van der Waals surface area contributed by atoms with Crippen LogP contribution in [0.3, 0.4) is 0 Å². The molecular weight excluding hydrogens is 414 g/mol. The molecule has 1 spiro atoms. The highest BCUT2D eigenvalue weighted by atomic mass is 16.2. The summed E-state index contributed by atoms with van der Waals surface area (Å²) in [5.41, 5.74) is 9.00. The molecule has 1 saturated carbocycles. The van der Waals surface area contributed by atoms with Crippen LogP contribution in [-0.4, -0.2) is 53.4 Å². The highest BCUT2D eigenvalue weighted by Gasteiger charge is 2.58. The molecule has 33 heavy (non-hydrogen) atoms. The minimum atomic E-state index is -0.120. The number of rotatable bonds is 7. The Hall–Kier alpha value is -2.38. The molecule has 3 fully saturated rings. The van der Waals surface area contributed by atoms with Crippen LogP contribution in [0, 0.1) is 17.3 Å². The van der Waals surface area contributed by atoms with Crippen molar-refractivity contribution in [2.45, 2.75) is 64.5 Å². The van der Waals surface area contributed by atoms with Crippen LogP contribution in [0.5, 0.6) is 0 Å². The van der Waals surface area contributed by atoms with Gasteiger partial charge in [0.2, 0.25) is 11.8 Å². The number of H-pyrrole nitrogens is 1. The van der Waals surface area contributed by atoms with Gasteiger partial charge in [0.25, 0.3) is 0 Å². The smallest absolute Gasteiger partial charge is 0.241 e. The van der Waals surface area contributed by atoms with Gasteiger partial charge < -0.3 is 15.2 Å². The Balaban J connectivity index is 1.06. The Kier molecular flexibility index (Phi) is 6.18. The molecule has 2 aliphatic heterocycles. The number of fused-ring (bicyclic) bond motifs is 1. The molecular formula is C26H37N5O2. The highest BCUT2D eigenvalue weighted by molar-refractivity contribution is 5.85. The van der Waals surface area contributed by atoms with Gasteiger partial charge in [0.15, 0.2) is 0 Å². The zero-order valence-electron chi connectivity index (χ0n) is 19.8. The molecule has 1 aromatic heterocycles. The topological polar surface area (TPSA) is 89.3 Å². The fourth-order valence-corrected chi connectivity index (χ4v) is 5.95. The minimum Gasteiger partial charge on any atom is -0.361 e. The molecule has 3 atom stereocenters. The predicted molar refractivity (Wildman–Crippen MR) is 129 cm³/mol. The van der Waals surface area contributed by atoms with Crippen LogP contribution in [0.15, 0.2) is 30.5 Å². The van der Waals surface area contributed by atoms with Crippen molar-refractivity contribution in [1.29, 1.82) is 0 Å². The van der Waals surface area contributed by atoms with E-state index >= 15 is 0 Å². The van der Waals surface area contributed by atoms with Crippen LogP contribution in [0.25, 0.3) is 10.9 Å². The monoisotopic (exact) mass is 451 g/mol. The Morgan fingerprint density at radius 1 is 1.18 bits per heavy atom. The SMILES string of the molecule is CC(C)CC1CC(C(=O)N2CCC3(CC2)CC3C(=O)NCCc2c[nH]c3ccccc23)NN1. The molecule has 7 nitrogen and oxygen atoms in total. The maximum absolute atomic E-state index is 13.0. The predicted octanol–water partition coefficient (Wildman–Crippen LogP) is 2.74. The van der Waals surface area contributed by atoms with Crippen LogP contribution in [-0.2, 0) is 16.0 Å². The Labute approximate surface area is 196 Å². The fourth-order valence-electron chi connectivity index (χ4n) is 5.95. The molecule has 3 unspecified atom stereocenters. The summed E-state index contributed by atoms with van der Waals surface area (Å²) in [6.07, 6.45) is 7.66. The standard InChI is InChI=1S/C26H37N5O2/c1-17(2)13-19-14-23(30-29-19)25(33)31-11-8-26(9-12-31)15-21(26)24(32)27-10-7-18-16-28-22-6-4-3-5-20(18)22/h3-6,16-17,19,21,23,28-30H,7-15H2,1-2H3,(H,27,32). The summed E-state index contributed by atoms with van der Waals surface area (Å²) in [6, 6.07) is 8.52. The van der Waals surface area contributed by atoms with Gasteiger partial charge in [-0.15, -0.1) is 0 Å². The number of benzene rings is 1. The molecule has 5 rings (SSSR count). The number of aromatic nitrogens is 1. The number of amides is 2. The summed E-state index contributed by atoms with van der Waals surface area (Å²) >= 11 is 0. The van der Waals surface area contributed by atoms with Gasteiger partial charge in [0.1, 0.15) is 6.04 Å². The molecule has 4 N–H and O–H groups in total. The largest absolute Gasteiger partial charge is 0.361 e. The van der Waals surface area contributed by atoms with E-state index in [-0.39, 0.29) is 29.2 Å². The lowest BCUT2D eigenvalue weighted by Crippen LogP contribution is -2.49. The van der Waals surface area contributed by atoms with Crippen molar-refractivity contribution in [1.82, 2.24) is 26.1 Å². The lowest BCUT2D eigenvalue weighted by atomic mass is 9.90. The van der Waals surface area contributed by atoms with Gasteiger partial charge in [0, 0.05) is 48.7 Å². The van der Waals surface area contributed by atoms with Crippen LogP contribution >= 0.6 is 0 Å². The van der Waals surface area contributed by atoms with E-state index in [1.54, 1.807) is 0 Å². The van der Waals surface area contributed by atoms with Crippen LogP contribution < -0.4 is 16.2 Å². The second-order valence-corrected chi connectivity index (χ2v) is 10.7. The summed E-state index contributed by atoms with van der Waals surface area (Å²) in [4.78, 5) is 31.1. The van der Waals surface area contributed by atoms with Crippen LogP contribution in [0.2, 0.25) is 0 Å². The van der Waals surface area contributed by atoms with Gasteiger partial charge in [-0.2, -0.15) is 0 Å². The van der Waals surface area contributed by atoms with Crippen molar-refractivity contribution in [3.63, 3.8) is 0 Å². The molecule has 7 heteroatoms. The summed E-state index contributed by atoms with van der Waals surface area (Å²) in [7, 11) is 0. The second kappa shape index (κ2) is 9.11. The summed E-state index contributed by atoms with van der Waals surface area (Å²) in [5, 5.41) is 4.40. The van der Waals surface area contributed by atoms with E-state index in [0.717, 1.165) is 57.1 Å². The molecule has 2 aromatic rings. The van der Waals surface area contributed by atoms with Gasteiger partial charge in [-0.1, -0.05) is 32.0 Å². The number of hydrazine groups is 1. The molecule has 0 radical (unpaired) electrons. The maximum atomic E-state index is 13.0. The Morgan fingerprint density at radius 3 is 2.76 bits per heavy atom. The molecule has 0 bridgehead atoms. The van der Waals surface area contributed by atoms with Gasteiger partial charge in [-0.05, 0) is 61.5 Å². The number of para-hydroxylation sites is 1. The zero-order valence-corrected chi connectivity index (χ0v) is 19.8. The lowest BCUT2D eigenvalue weighted by molar-refractivity contribution is -0.135. The Morgan fingerprint density at radius 2 is 1.97 bits per heavy atom. The van der Waals surface area contributed by atoms with E-state index in [1.165, 1.54) is 10.9 Å². The van der Waals surface area contributed by atoms with E-state index < -0.39 is 0 Å². The highest BCUT2D eigenvalue weighted by Crippen LogP contribution is 2.59. The third-order valence-electron chi connectivity index (χ3n) is 7.98. The summed E-state index contributed by atoms with van der Waals surface area (Å²) in [6.45, 7) is 6.63. The molecule has 3 heterocycles. The van der Waals surface area contributed by atoms with E-state index in [9.17, 15) is 9.59 Å². The number of carbonyl (C=O) groups excluding carboxylic acids is 2. The average Bonchev–Trinajstić information content (AvgIpc) is 3.11. The van der Waals surface area contributed by atoms with E-state index in [1.807, 2.05) is 23.2 Å². The van der Waals surface area contributed by atoms with Crippen molar-refractivity contribution in [3.8, 4) is 0 Å². The molecule has 2 amide bonds. The number of carbonyl (C=O) groups is 2. The van der Waals surface area contributed by atoms with Crippen LogP contribution in [0.4, 0.5) is 0 Å². The van der Waals surface area contributed by atoms with Gasteiger partial charge in [0.05, 0.1) is 0 Å². The quantitative estimate of drug-likeness (QED) is 0.521. The molecule has 1 aliphatic carbocycles. The number of likely N-dealkylation sites (tertiary alicyclic amines) is 1. The van der Waals surface area contributed by atoms with Gasteiger partial charge in [-0.3, -0.25) is 15.0 Å². The fraction of sp³-hybridized carbons (Fsp3) is 0.615. The number of nitrogens with zero attached hydrogens (tertiary/aromatic N) is 1. The number of piperidine rings is 1. The number of nitrogens with one attached hydrogen (secondary N) is 4. The van der Waals surface area contributed by atoms with Crippen molar-refractivity contribution in [2.75, 3.05) is 19.6 Å². The number of hydrogen-bond acceptors (Lipinski definition) is 4. The summed E-state index contributed by atoms with van der Waals surface area (Å²) < 4.78 is 0. The first-order chi connectivity index (χ1) is 15.9. The third-order valence-corrected chi connectivity index (χ3v) is 7.98. The molecule has 178 valence electrons. The third kappa shape index (κ3) is 4.66. The van der Waals surface area contributed by atoms with E-state index in [2.05, 4.69) is 47.1 Å². The molecule has 1 aromatic carbocycles. The molecule has 3 aliphatic rings. The first kappa shape index (κ1) is 22.4. The van der Waals surface area contributed by atoms with Gasteiger partial charge in [-0.25, -0.2) is 5.43 Å². The molecule has 2 saturated heterocycles. The number of aromatic amines is 1. The lowest BCUT2D eigenvalue weighted by Gasteiger charge is -2.34. The van der Waals surface area contributed by atoms with Crippen molar-refractivity contribution >= 4 is 22.7 Å². The van der Waals surface area contributed by atoms with Crippen molar-refractivity contribution < 1.29 is 9.59 Å².